The van der Waals surface area contributed by atoms with E-state index in [4.69, 9.17) is 14.9 Å². The number of hydrogen-bond donors (Lipinski definition) is 4. The van der Waals surface area contributed by atoms with E-state index in [0.717, 1.165) is 83.5 Å². The maximum atomic E-state index is 12.8. The fourth-order valence-corrected chi connectivity index (χ4v) is 6.45. The summed E-state index contributed by atoms with van der Waals surface area (Å²) in [7, 11) is 0. The second kappa shape index (κ2) is 42.4. The number of ether oxygens (including phenoxy) is 1. The van der Waals surface area contributed by atoms with Crippen molar-refractivity contribution in [2.24, 2.45) is 0 Å². The molecule has 0 radical (unpaired) electrons. The van der Waals surface area contributed by atoms with Gasteiger partial charge in [-0.2, -0.15) is 0 Å². The summed E-state index contributed by atoms with van der Waals surface area (Å²) in [6, 6.07) is -1.38. The van der Waals surface area contributed by atoms with E-state index in [0.29, 0.717) is 19.3 Å². The van der Waals surface area contributed by atoms with Crippen molar-refractivity contribution in [3.8, 4) is 0 Å². The Bertz CT molecular complexity index is 1100. The molecule has 0 aliphatic carbocycles. The van der Waals surface area contributed by atoms with Gasteiger partial charge in [-0.3, -0.25) is 14.4 Å². The molecular formula is C48H84N2O7. The minimum Gasteiger partial charge on any atom is -0.480 e. The molecule has 0 aromatic heterocycles. The summed E-state index contributed by atoms with van der Waals surface area (Å²) in [6.07, 6.45) is 50.1. The molecule has 0 aliphatic rings. The lowest BCUT2D eigenvalue weighted by molar-refractivity contribution is -0.147. The molecule has 2 atom stereocenters. The summed E-state index contributed by atoms with van der Waals surface area (Å²) in [5.41, 5.74) is 0. The van der Waals surface area contributed by atoms with Crippen LogP contribution in [0.15, 0.2) is 48.6 Å². The third-order valence-corrected chi connectivity index (χ3v) is 10.0. The van der Waals surface area contributed by atoms with Crippen LogP contribution < -0.4 is 10.6 Å². The van der Waals surface area contributed by atoms with Crippen LogP contribution in [0.5, 0.6) is 0 Å². The highest BCUT2D eigenvalue weighted by Crippen LogP contribution is 2.16. The maximum absolute atomic E-state index is 12.8. The summed E-state index contributed by atoms with van der Waals surface area (Å²) in [6.45, 7) is 3.45. The first-order valence-corrected chi connectivity index (χ1v) is 23.0. The number of carbonyl (C=O) groups excluding carboxylic acids is 3. The molecule has 9 heteroatoms. The van der Waals surface area contributed by atoms with Gasteiger partial charge in [0.05, 0.1) is 13.2 Å². The Morgan fingerprint density at radius 2 is 1.00 bits per heavy atom. The van der Waals surface area contributed by atoms with Crippen molar-refractivity contribution in [2.45, 2.75) is 219 Å². The van der Waals surface area contributed by atoms with Crippen molar-refractivity contribution in [1.82, 2.24) is 10.6 Å². The van der Waals surface area contributed by atoms with E-state index >= 15 is 0 Å². The van der Waals surface area contributed by atoms with Crippen LogP contribution in [0.25, 0.3) is 0 Å². The number of aliphatic carboxylic acids is 1. The molecule has 0 saturated carbocycles. The highest BCUT2D eigenvalue weighted by atomic mass is 16.5. The highest BCUT2D eigenvalue weighted by molar-refractivity contribution is 5.87. The number of carboxylic acids is 1. The van der Waals surface area contributed by atoms with Crippen LogP contribution >= 0.6 is 0 Å². The van der Waals surface area contributed by atoms with Gasteiger partial charge in [-0.1, -0.05) is 159 Å². The van der Waals surface area contributed by atoms with Crippen LogP contribution in [0.4, 0.5) is 0 Å². The zero-order valence-electron chi connectivity index (χ0n) is 36.3. The number of rotatable bonds is 41. The van der Waals surface area contributed by atoms with Crippen molar-refractivity contribution in [2.75, 3.05) is 13.2 Å². The van der Waals surface area contributed by atoms with Gasteiger partial charge in [0.1, 0.15) is 12.1 Å². The van der Waals surface area contributed by atoms with Crippen molar-refractivity contribution in [3.63, 3.8) is 0 Å². The summed E-state index contributed by atoms with van der Waals surface area (Å²) in [5, 5.41) is 22.5. The maximum Gasteiger partial charge on any atom is 0.328 e. The molecule has 2 unspecified atom stereocenters. The topological polar surface area (TPSA) is 142 Å². The standard InChI is InChI=1S/C48H84N2O7/c1-3-5-7-9-11-13-14-15-16-17-18-19-20-21-22-24-26-32-36-40-47(54)57-43(37-33-29-25-23-12-10-8-6-4-2)38-34-30-27-28-31-35-39-45(52)49-41-46(53)50-44(42-51)48(55)56/h11,13,15-16,18-19,33,37,43-44,51H,3-10,12,14,17,20-32,34-36,38-42H2,1-2H3,(H,49,52)(H,50,53)(H,55,56)/b13-11-,16-15-,19-18-,37-33-. The number of carbonyl (C=O) groups is 4. The van der Waals surface area contributed by atoms with Gasteiger partial charge in [0.25, 0.3) is 0 Å². The Labute approximate surface area is 348 Å². The van der Waals surface area contributed by atoms with Gasteiger partial charge in [-0.25, -0.2) is 4.79 Å². The Hall–Kier alpha value is -3.20. The van der Waals surface area contributed by atoms with Gasteiger partial charge < -0.3 is 25.6 Å². The molecule has 57 heavy (non-hydrogen) atoms. The molecule has 0 rings (SSSR count). The first-order valence-electron chi connectivity index (χ1n) is 23.0. The van der Waals surface area contributed by atoms with Crippen molar-refractivity contribution < 1.29 is 34.1 Å². The summed E-state index contributed by atoms with van der Waals surface area (Å²) >= 11 is 0. The van der Waals surface area contributed by atoms with Crippen LogP contribution in [0.2, 0.25) is 0 Å². The first-order chi connectivity index (χ1) is 27.8. The highest BCUT2D eigenvalue weighted by Gasteiger charge is 2.18. The molecule has 4 N–H and O–H groups in total. The monoisotopic (exact) mass is 801 g/mol. The molecule has 0 aromatic rings. The first kappa shape index (κ1) is 53.8. The van der Waals surface area contributed by atoms with Crippen molar-refractivity contribution in [3.05, 3.63) is 48.6 Å². The number of aliphatic hydroxyl groups is 1. The summed E-state index contributed by atoms with van der Waals surface area (Å²) in [5.74, 6) is -2.34. The van der Waals surface area contributed by atoms with Crippen molar-refractivity contribution in [1.29, 1.82) is 0 Å². The predicted octanol–water partition coefficient (Wildman–Crippen LogP) is 11.5. The Balaban J connectivity index is 4.26. The molecule has 9 nitrogen and oxygen atoms in total. The van der Waals surface area contributed by atoms with E-state index in [1.165, 1.54) is 89.9 Å². The van der Waals surface area contributed by atoms with Crippen LogP contribution in [0.1, 0.15) is 206 Å². The van der Waals surface area contributed by atoms with Gasteiger partial charge >= 0.3 is 11.9 Å². The number of carboxylic acid groups (broad SMARTS) is 1. The molecule has 0 aromatic carbocycles. The molecule has 0 aliphatic heterocycles. The molecule has 0 fully saturated rings. The Kier molecular flexibility index (Phi) is 40.0. The smallest absolute Gasteiger partial charge is 0.328 e. The van der Waals surface area contributed by atoms with Crippen LogP contribution in [-0.4, -0.2) is 59.3 Å². The molecule has 0 heterocycles. The van der Waals surface area contributed by atoms with Gasteiger partial charge in [-0.05, 0) is 83.1 Å². The lowest BCUT2D eigenvalue weighted by atomic mass is 10.0. The number of unbranched alkanes of at least 4 members (excludes halogenated alkanes) is 21. The molecule has 0 bridgehead atoms. The van der Waals surface area contributed by atoms with E-state index < -0.39 is 24.5 Å². The van der Waals surface area contributed by atoms with Crippen LogP contribution in [0.3, 0.4) is 0 Å². The minimum absolute atomic E-state index is 0.0892. The van der Waals surface area contributed by atoms with E-state index in [2.05, 4.69) is 73.1 Å². The Morgan fingerprint density at radius 3 is 1.56 bits per heavy atom. The number of amides is 2. The fraction of sp³-hybridized carbons (Fsp3) is 0.750. The van der Waals surface area contributed by atoms with Crippen molar-refractivity contribution >= 4 is 23.8 Å². The van der Waals surface area contributed by atoms with Gasteiger partial charge in [0, 0.05) is 12.8 Å². The number of allylic oxidation sites excluding steroid dienone is 7. The minimum atomic E-state index is -1.38. The number of aliphatic hydroxyl groups excluding tert-OH is 1. The van der Waals surface area contributed by atoms with E-state index in [9.17, 15) is 19.2 Å². The van der Waals surface area contributed by atoms with Gasteiger partial charge in [0.2, 0.25) is 11.8 Å². The van der Waals surface area contributed by atoms with E-state index in [-0.39, 0.29) is 24.5 Å². The zero-order valence-corrected chi connectivity index (χ0v) is 36.3. The summed E-state index contributed by atoms with van der Waals surface area (Å²) in [4.78, 5) is 47.5. The predicted molar refractivity (Wildman–Crippen MR) is 236 cm³/mol. The SMILES string of the molecule is CCCCC/C=C\C/C=C\C/C=C\CCCCCCCCC(=O)OC(/C=C\CCCCCCCCC)CCCCCCCCC(=O)NCC(=O)NC(CO)C(=O)O. The lowest BCUT2D eigenvalue weighted by Gasteiger charge is -2.15. The lowest BCUT2D eigenvalue weighted by Crippen LogP contribution is -2.47. The average molecular weight is 801 g/mol. The average Bonchev–Trinajstić information content (AvgIpc) is 3.20. The Morgan fingerprint density at radius 1 is 0.544 bits per heavy atom. The number of nitrogens with one attached hydrogen (secondary N) is 2. The third-order valence-electron chi connectivity index (χ3n) is 10.0. The largest absolute Gasteiger partial charge is 0.480 e. The molecule has 2 amide bonds. The second-order valence-corrected chi connectivity index (χ2v) is 15.5. The van der Waals surface area contributed by atoms with Gasteiger partial charge in [-0.15, -0.1) is 0 Å². The molecule has 0 spiro atoms. The van der Waals surface area contributed by atoms with Crippen LogP contribution in [0, 0.1) is 0 Å². The van der Waals surface area contributed by atoms with Gasteiger partial charge in [0.15, 0.2) is 0 Å². The van der Waals surface area contributed by atoms with E-state index in [1.54, 1.807) is 0 Å². The zero-order chi connectivity index (χ0) is 41.9. The fourth-order valence-electron chi connectivity index (χ4n) is 6.45. The van der Waals surface area contributed by atoms with E-state index in [1.807, 2.05) is 0 Å². The molecule has 328 valence electrons. The summed E-state index contributed by atoms with van der Waals surface area (Å²) < 4.78 is 5.95. The molecular weight excluding hydrogens is 717 g/mol. The quantitative estimate of drug-likeness (QED) is 0.0274. The normalized spacial score (nSPS) is 12.9. The number of esters is 1. The molecule has 0 saturated heterocycles. The second-order valence-electron chi connectivity index (χ2n) is 15.5. The number of hydrogen-bond acceptors (Lipinski definition) is 6. The van der Waals surface area contributed by atoms with Crippen LogP contribution in [-0.2, 0) is 23.9 Å². The third kappa shape index (κ3) is 39.4.